The molecule has 628 valence electrons. The van der Waals surface area contributed by atoms with Crippen LogP contribution in [0.5, 0.6) is 0 Å². The highest BCUT2D eigenvalue weighted by Crippen LogP contribution is 2.46. The van der Waals surface area contributed by atoms with Gasteiger partial charge in [-0.2, -0.15) is 0 Å². The van der Waals surface area contributed by atoms with Gasteiger partial charge in [0.2, 0.25) is 17.7 Å². The molecular formula is C88H93ClF2N12O17. The van der Waals surface area contributed by atoms with E-state index in [1.54, 1.807) is 77.7 Å². The van der Waals surface area contributed by atoms with Gasteiger partial charge in [-0.3, -0.25) is 48.2 Å². The first-order chi connectivity index (χ1) is 57.5. The van der Waals surface area contributed by atoms with E-state index in [0.717, 1.165) is 70.7 Å². The molecule has 0 bridgehead atoms. The van der Waals surface area contributed by atoms with Gasteiger partial charge in [-0.15, -0.1) is 12.4 Å². The molecular weight excluding hydrogens is 1570 g/mol. The topological polar surface area (TPSA) is 362 Å². The highest BCUT2D eigenvalue weighted by molar-refractivity contribution is 6.35. The lowest BCUT2D eigenvalue weighted by Gasteiger charge is -2.36. The first-order valence-electron chi connectivity index (χ1n) is 39.3. The fourth-order valence-corrected chi connectivity index (χ4v) is 14.8. The molecule has 14 rings (SSSR count). The number of fused-ring (bicyclic) bond motifs is 6. The number of rotatable bonds is 32. The molecule has 5 amide bonds. The third-order valence-electron chi connectivity index (χ3n) is 20.9. The molecule has 4 aliphatic heterocycles. The monoisotopic (exact) mass is 1660 g/mol. The van der Waals surface area contributed by atoms with Crippen molar-refractivity contribution >= 4 is 117 Å². The van der Waals surface area contributed by atoms with Gasteiger partial charge >= 0.3 is 30.1 Å². The lowest BCUT2D eigenvalue weighted by molar-refractivity contribution is -0.153. The number of halogens is 3. The molecule has 0 spiro atoms. The number of hydrogen-bond donors (Lipinski definition) is 8. The second-order valence-corrected chi connectivity index (χ2v) is 29.0. The summed E-state index contributed by atoms with van der Waals surface area (Å²) in [6.07, 6.45) is -0.953. The molecule has 8 aromatic carbocycles. The van der Waals surface area contributed by atoms with Crippen molar-refractivity contribution in [2.75, 3.05) is 135 Å². The number of piperazine rings is 2. The Balaban J connectivity index is 0.000000195. The number of nitrogens with one attached hydrogen (secondary N) is 7. The van der Waals surface area contributed by atoms with Crippen LogP contribution in [0.2, 0.25) is 0 Å². The first-order valence-corrected chi connectivity index (χ1v) is 39.3. The summed E-state index contributed by atoms with van der Waals surface area (Å²) in [5.41, 5.74) is 23.6. The van der Waals surface area contributed by atoms with Crippen LogP contribution in [0.1, 0.15) is 107 Å². The normalized spacial score (nSPS) is 15.6. The maximum Gasteiger partial charge on any atom is 0.414 e. The fraction of sp³-hybridized carbons (Fsp3) is 0.318. The third-order valence-corrected chi connectivity index (χ3v) is 20.9. The van der Waals surface area contributed by atoms with Crippen LogP contribution in [0, 0.1) is 11.6 Å². The van der Waals surface area contributed by atoms with Crippen LogP contribution in [-0.4, -0.2) is 198 Å². The SMILES string of the molecule is CC(=O)NC[C@H]1CN(c2ccc(N3CCN(C(=O)CCCC(=O)c4ccc(NNCC(=O)C(=O)OCC5c6ccccc6-c6ccccc65)cc4)CC3)c(F)c2)C(=O)O1.CC(=O)NC[C@H]1CN(c2ccc(N3CCNCC3)c(F)c2)C(=O)O1.Cl.O=C(O)CCCC(=O)c1ccc(NNCC(=O)C(=O)OCC2c3ccccc3-c3ccccc32)cc1. The van der Waals surface area contributed by atoms with Crippen molar-refractivity contribution in [3.63, 3.8) is 0 Å². The average Bonchev–Trinajstić information content (AvgIpc) is 1.62. The maximum absolute atomic E-state index is 15.2. The highest BCUT2D eigenvalue weighted by Gasteiger charge is 2.37. The Hall–Kier alpha value is -13.0. The van der Waals surface area contributed by atoms with Gasteiger partial charge in [0.05, 0.1) is 62.0 Å². The molecule has 2 atom stereocenters. The van der Waals surface area contributed by atoms with Gasteiger partial charge in [0.1, 0.15) is 37.1 Å². The highest BCUT2D eigenvalue weighted by atomic mass is 35.5. The molecule has 8 N–H and O–H groups in total. The van der Waals surface area contributed by atoms with E-state index in [1.165, 1.54) is 35.8 Å². The number of anilines is 6. The summed E-state index contributed by atoms with van der Waals surface area (Å²) in [6.45, 7) is 8.02. The Kier molecular flexibility index (Phi) is 30.7. The van der Waals surface area contributed by atoms with Crippen molar-refractivity contribution in [2.45, 2.75) is 76.4 Å². The Bertz CT molecular complexity index is 5000. The molecule has 32 heteroatoms. The summed E-state index contributed by atoms with van der Waals surface area (Å²) < 4.78 is 51.0. The smallest absolute Gasteiger partial charge is 0.414 e. The zero-order valence-electron chi connectivity index (χ0n) is 66.1. The number of carbonyl (C=O) groups excluding carboxylic acids is 11. The van der Waals surface area contributed by atoms with Gasteiger partial charge in [-0.1, -0.05) is 97.1 Å². The summed E-state index contributed by atoms with van der Waals surface area (Å²) in [4.78, 5) is 153. The van der Waals surface area contributed by atoms with Gasteiger partial charge in [-0.25, -0.2) is 38.8 Å². The summed E-state index contributed by atoms with van der Waals surface area (Å²) in [5, 5.41) is 17.1. The van der Waals surface area contributed by atoms with Crippen molar-refractivity contribution in [2.24, 2.45) is 0 Å². The van der Waals surface area contributed by atoms with Crippen molar-refractivity contribution < 1.29 is 90.4 Å². The Morgan fingerprint density at radius 1 is 0.475 bits per heavy atom. The molecule has 0 aromatic heterocycles. The largest absolute Gasteiger partial charge is 0.481 e. The van der Waals surface area contributed by atoms with Crippen molar-refractivity contribution in [1.82, 2.24) is 31.7 Å². The van der Waals surface area contributed by atoms with Crippen LogP contribution in [-0.2, 0) is 57.3 Å². The van der Waals surface area contributed by atoms with E-state index in [1.807, 2.05) is 107 Å². The number of benzene rings is 8. The van der Waals surface area contributed by atoms with E-state index in [9.17, 15) is 61.9 Å². The quantitative estimate of drug-likeness (QED) is 0.00639. The minimum atomic E-state index is -0.930. The van der Waals surface area contributed by atoms with Crippen LogP contribution >= 0.6 is 12.4 Å². The molecule has 0 unspecified atom stereocenters. The molecule has 4 saturated heterocycles. The first kappa shape index (κ1) is 87.9. The average molecular weight is 1660 g/mol. The lowest BCUT2D eigenvalue weighted by Crippen LogP contribution is -2.49. The molecule has 0 radical (unpaired) electrons. The van der Waals surface area contributed by atoms with E-state index in [4.69, 9.17) is 24.1 Å². The van der Waals surface area contributed by atoms with Gasteiger partial charge in [-0.05, 0) is 142 Å². The number of hydrogen-bond acceptors (Lipinski definition) is 23. The molecule has 2 aliphatic carbocycles. The van der Waals surface area contributed by atoms with E-state index in [-0.39, 0.29) is 144 Å². The predicted octanol–water partition coefficient (Wildman–Crippen LogP) is 9.91. The molecule has 4 fully saturated rings. The van der Waals surface area contributed by atoms with Crippen LogP contribution in [0.3, 0.4) is 0 Å². The Morgan fingerprint density at radius 2 is 0.850 bits per heavy atom. The number of aliphatic carboxylic acids is 1. The van der Waals surface area contributed by atoms with E-state index in [0.29, 0.717) is 77.9 Å². The Morgan fingerprint density at radius 3 is 1.23 bits per heavy atom. The number of carboxylic acids is 1. The molecule has 29 nitrogen and oxygen atoms in total. The molecule has 0 saturated carbocycles. The lowest BCUT2D eigenvalue weighted by atomic mass is 9.98. The molecule has 120 heavy (non-hydrogen) atoms. The number of ether oxygens (including phenoxy) is 4. The van der Waals surface area contributed by atoms with E-state index >= 15 is 4.39 Å². The predicted molar refractivity (Wildman–Crippen MR) is 446 cm³/mol. The van der Waals surface area contributed by atoms with Crippen LogP contribution < -0.4 is 57.3 Å². The van der Waals surface area contributed by atoms with Gasteiger partial charge in [0, 0.05) is 126 Å². The fourth-order valence-electron chi connectivity index (χ4n) is 14.8. The zero-order valence-corrected chi connectivity index (χ0v) is 66.9. The van der Waals surface area contributed by atoms with Crippen molar-refractivity contribution in [3.05, 3.63) is 227 Å². The number of nitrogens with zero attached hydrogens (tertiary/aromatic N) is 5. The number of cyclic esters (lactones) is 2. The van der Waals surface area contributed by atoms with Gasteiger partial charge in [0.25, 0.3) is 11.6 Å². The number of esters is 2. The maximum atomic E-state index is 15.2. The summed E-state index contributed by atoms with van der Waals surface area (Å²) in [7, 11) is 0. The second kappa shape index (κ2) is 41.9. The number of ketones is 4. The van der Waals surface area contributed by atoms with Gasteiger partial charge in [0.15, 0.2) is 11.6 Å². The van der Waals surface area contributed by atoms with E-state index < -0.39 is 59.7 Å². The summed E-state index contributed by atoms with van der Waals surface area (Å²) >= 11 is 0. The minimum Gasteiger partial charge on any atom is -0.481 e. The van der Waals surface area contributed by atoms with Crippen molar-refractivity contribution in [1.29, 1.82) is 0 Å². The molecule has 4 heterocycles. The number of amides is 5. The number of Topliss-reactive ketones (excluding diaryl/α,β-unsaturated/α-hetero) is 4. The van der Waals surface area contributed by atoms with Gasteiger partial charge < -0.3 is 65.6 Å². The standard InChI is InChI=1S/C44H45FN6O8.C28H26N2O6.C16H21FN4O3.ClH/c1-28(52)46-24-32-26-51(44(57)59-32)31-17-18-39(38(45)23-31)49-19-21-50(22-20-49)42(55)12-6-11-40(53)29-13-15-30(16-14-29)48-47-25-41(54)43(56)58-27-37-35-9-4-2-7-33(35)34-8-3-5-10-36(34)37;31-25(10-5-11-27(33)34)18-12-14-19(15-13-18)30-29-16-26(32)28(35)36-17-24-22-8-3-1-6-20(22)21-7-2-4-9-23(21)24;1-11(22)19-9-13-10-21(16(23)24-13)12-2-3-15(14(17)8-12)20-6-4-18-5-7-20;/h2-5,7-10,13-18,23,32,37,47-48H,6,11-12,19-22,24-27H2,1H3,(H,46,52);1-4,6-9,12-15,24,29-30H,5,10-11,16-17H2,(H,33,34);2-3,8,13,18H,4-7,9-10H2,1H3,(H,19,22);1H/t32-;;13-;/m0.0./s1. The minimum absolute atomic E-state index is 0. The van der Waals surface area contributed by atoms with Crippen LogP contribution in [0.25, 0.3) is 22.3 Å². The zero-order chi connectivity index (χ0) is 84.1. The number of carboxylic acid groups (broad SMARTS) is 1. The molecule has 8 aromatic rings. The van der Waals surface area contributed by atoms with E-state index in [2.05, 4.69) is 37.7 Å². The van der Waals surface area contributed by atoms with Crippen LogP contribution in [0.15, 0.2) is 182 Å². The third kappa shape index (κ3) is 22.9. The molecule has 6 aliphatic rings. The number of hydrazine groups is 2. The number of carbonyl (C=O) groups is 12. The van der Waals surface area contributed by atoms with Crippen LogP contribution in [0.4, 0.5) is 52.5 Å². The second-order valence-electron chi connectivity index (χ2n) is 29.0. The summed E-state index contributed by atoms with van der Waals surface area (Å²) in [5.74, 6) is -6.08. The summed E-state index contributed by atoms with van der Waals surface area (Å²) in [6, 6.07) is 54.3. The Labute approximate surface area is 697 Å². The van der Waals surface area contributed by atoms with Crippen molar-refractivity contribution in [3.8, 4) is 22.3 Å².